The maximum Gasteiger partial charge on any atom is 0.332 e. The van der Waals surface area contributed by atoms with Crippen LogP contribution in [0.1, 0.15) is 103 Å². The van der Waals surface area contributed by atoms with E-state index in [1.165, 1.54) is 49.7 Å². The first-order valence-corrected chi connectivity index (χ1v) is 25.3. The number of carbonyl (C=O) groups is 8. The van der Waals surface area contributed by atoms with Crippen molar-refractivity contribution in [3.8, 4) is 0 Å². The third-order valence-corrected chi connectivity index (χ3v) is 13.5. The van der Waals surface area contributed by atoms with Crippen molar-refractivity contribution in [1.82, 2.24) is 24.9 Å². The van der Waals surface area contributed by atoms with Gasteiger partial charge in [-0.1, -0.05) is 133 Å². The van der Waals surface area contributed by atoms with Gasteiger partial charge in [0.25, 0.3) is 5.91 Å². The minimum Gasteiger partial charge on any atom is -0.456 e. The summed E-state index contributed by atoms with van der Waals surface area (Å²) in [4.78, 5) is 118. The monoisotopic (exact) mass is 1010 g/mol. The SMILES string of the molecule is CC[C@@H](C)[C@@H](OC(=O)[C@@H](N(C)C(=O)[C@@H](N)CC(C)C)C(C)(C)O)C(=O)N(C)[C@H](C(=O)N[C@@H](Cc1ccccc1)C(=O)N(C)[C@@H](Cc1ccccc1)C(=O)N1CCC[C@H]1C(=O)OCC(=O)c1ccccc1)C(C)C. The van der Waals surface area contributed by atoms with Crippen LogP contribution in [0.4, 0.5) is 0 Å². The standard InChI is InChI=1S/C56H78N6O11/c1-12-37(6)47(73-55(70)48(56(7,8)71)61(11)50(65)41(57)31-35(2)3)53(68)60(10)46(36(4)5)49(64)58-42(32-38-23-16-13-17-24-38)51(66)59(9)44(33-39-25-18-14-19-26-39)52(67)62-30-22-29-43(62)54(69)72-34-45(63)40-27-20-15-21-28-40/h13-21,23-28,35-37,41-44,46-48,71H,12,22,29-34,57H2,1-11H3,(H,58,64)/t37-,41+,42+,43+,44+,46+,47-,48-/m1/s1. The molecule has 4 rings (SSSR count). The molecule has 1 heterocycles. The molecule has 0 bridgehead atoms. The number of ether oxygens (including phenoxy) is 2. The molecule has 73 heavy (non-hydrogen) atoms. The number of likely N-dealkylation sites (tertiary alicyclic amines) is 1. The number of Topliss-reactive ketones (excluding diaryl/α,β-unsaturated/α-hetero) is 1. The van der Waals surface area contributed by atoms with Gasteiger partial charge >= 0.3 is 11.9 Å². The first-order chi connectivity index (χ1) is 34.4. The number of amides is 5. The van der Waals surface area contributed by atoms with Gasteiger partial charge in [0.1, 0.15) is 24.2 Å². The van der Waals surface area contributed by atoms with Crippen molar-refractivity contribution in [3.05, 3.63) is 108 Å². The largest absolute Gasteiger partial charge is 0.456 e. The number of likely N-dealkylation sites (N-methyl/N-ethyl adjacent to an activating group) is 3. The Balaban J connectivity index is 1.65. The van der Waals surface area contributed by atoms with Gasteiger partial charge in [-0.2, -0.15) is 0 Å². The van der Waals surface area contributed by atoms with Crippen LogP contribution in [0.15, 0.2) is 91.0 Å². The molecular weight excluding hydrogens is 933 g/mol. The average molecular weight is 1010 g/mol. The summed E-state index contributed by atoms with van der Waals surface area (Å²) in [5.41, 5.74) is 6.18. The van der Waals surface area contributed by atoms with E-state index in [9.17, 15) is 38.7 Å². The fourth-order valence-electron chi connectivity index (χ4n) is 9.34. The number of nitrogens with zero attached hydrogens (tertiary/aromatic N) is 4. The topological polar surface area (TPSA) is 226 Å². The summed E-state index contributed by atoms with van der Waals surface area (Å²) in [5, 5.41) is 14.1. The smallest absolute Gasteiger partial charge is 0.332 e. The van der Waals surface area contributed by atoms with Crippen molar-refractivity contribution < 1.29 is 52.9 Å². The van der Waals surface area contributed by atoms with Gasteiger partial charge in [-0.15, -0.1) is 0 Å². The quantitative estimate of drug-likeness (QED) is 0.0782. The zero-order valence-electron chi connectivity index (χ0n) is 44.5. The number of rotatable bonds is 25. The fourth-order valence-corrected chi connectivity index (χ4v) is 9.34. The van der Waals surface area contributed by atoms with Crippen LogP contribution in [0.3, 0.4) is 0 Å². The lowest BCUT2D eigenvalue weighted by molar-refractivity contribution is -0.177. The van der Waals surface area contributed by atoms with Gasteiger partial charge in [0.15, 0.2) is 24.5 Å². The van der Waals surface area contributed by atoms with Crippen molar-refractivity contribution >= 4 is 47.3 Å². The van der Waals surface area contributed by atoms with E-state index in [0.29, 0.717) is 30.4 Å². The number of nitrogens with two attached hydrogens (primary N) is 1. The van der Waals surface area contributed by atoms with Crippen LogP contribution < -0.4 is 11.1 Å². The first-order valence-electron chi connectivity index (χ1n) is 25.3. The molecule has 0 unspecified atom stereocenters. The predicted molar refractivity (Wildman–Crippen MR) is 276 cm³/mol. The van der Waals surface area contributed by atoms with Crippen molar-refractivity contribution in [2.45, 2.75) is 142 Å². The number of benzene rings is 3. The van der Waals surface area contributed by atoms with E-state index in [-0.39, 0.29) is 31.7 Å². The molecular formula is C56H78N6O11. The number of hydrogen-bond donors (Lipinski definition) is 3. The van der Waals surface area contributed by atoms with E-state index in [0.717, 1.165) is 10.5 Å². The molecule has 17 heteroatoms. The highest BCUT2D eigenvalue weighted by Crippen LogP contribution is 2.26. The maximum absolute atomic E-state index is 15.1. The molecule has 17 nitrogen and oxygen atoms in total. The molecule has 3 aromatic carbocycles. The van der Waals surface area contributed by atoms with Crippen LogP contribution in [0.2, 0.25) is 0 Å². The molecule has 0 saturated carbocycles. The molecule has 0 aliphatic carbocycles. The Morgan fingerprint density at radius 3 is 1.84 bits per heavy atom. The Hall–Kier alpha value is -6.46. The lowest BCUT2D eigenvalue weighted by Gasteiger charge is -2.39. The minimum atomic E-state index is -1.82. The zero-order valence-corrected chi connectivity index (χ0v) is 44.5. The molecule has 0 radical (unpaired) electrons. The van der Waals surface area contributed by atoms with Crippen LogP contribution in [0, 0.1) is 17.8 Å². The van der Waals surface area contributed by atoms with Crippen LogP contribution in [-0.4, -0.2) is 154 Å². The molecule has 5 amide bonds. The van der Waals surface area contributed by atoms with Crippen LogP contribution in [-0.2, 0) is 55.9 Å². The van der Waals surface area contributed by atoms with E-state index >= 15 is 4.79 Å². The Labute approximate surface area is 431 Å². The Morgan fingerprint density at radius 1 is 0.767 bits per heavy atom. The maximum atomic E-state index is 15.1. The first kappa shape index (κ1) is 59.1. The Morgan fingerprint density at radius 2 is 1.32 bits per heavy atom. The van der Waals surface area contributed by atoms with Crippen molar-refractivity contribution in [3.63, 3.8) is 0 Å². The second kappa shape index (κ2) is 27.0. The number of nitrogens with one attached hydrogen (secondary N) is 1. The second-order valence-electron chi connectivity index (χ2n) is 20.6. The summed E-state index contributed by atoms with van der Waals surface area (Å²) in [6.45, 7) is 13.2. The summed E-state index contributed by atoms with van der Waals surface area (Å²) in [7, 11) is 4.23. The van der Waals surface area contributed by atoms with Crippen LogP contribution >= 0.6 is 0 Å². The van der Waals surface area contributed by atoms with Gasteiger partial charge in [0.05, 0.1) is 11.6 Å². The van der Waals surface area contributed by atoms with Gasteiger partial charge < -0.3 is 45.2 Å². The van der Waals surface area contributed by atoms with Crippen LogP contribution in [0.25, 0.3) is 0 Å². The van der Waals surface area contributed by atoms with Crippen molar-refractivity contribution in [2.75, 3.05) is 34.3 Å². The van der Waals surface area contributed by atoms with E-state index in [4.69, 9.17) is 15.2 Å². The Kier molecular flexibility index (Phi) is 21.9. The molecule has 398 valence electrons. The third kappa shape index (κ3) is 16.0. The van der Waals surface area contributed by atoms with E-state index < -0.39 is 114 Å². The van der Waals surface area contributed by atoms with Gasteiger partial charge in [0.2, 0.25) is 23.6 Å². The van der Waals surface area contributed by atoms with E-state index in [1.807, 2.05) is 50.2 Å². The molecule has 4 N–H and O–H groups in total. The highest BCUT2D eigenvalue weighted by Gasteiger charge is 2.46. The summed E-state index contributed by atoms with van der Waals surface area (Å²) in [6.07, 6.45) is 0.0595. The molecule has 1 saturated heterocycles. The summed E-state index contributed by atoms with van der Waals surface area (Å²) < 4.78 is 11.4. The van der Waals surface area contributed by atoms with Crippen molar-refractivity contribution in [2.24, 2.45) is 23.5 Å². The third-order valence-electron chi connectivity index (χ3n) is 13.5. The van der Waals surface area contributed by atoms with Crippen molar-refractivity contribution in [1.29, 1.82) is 0 Å². The van der Waals surface area contributed by atoms with Gasteiger partial charge in [-0.3, -0.25) is 28.8 Å². The molecule has 8 atom stereocenters. The normalized spacial score (nSPS) is 16.5. The van der Waals surface area contributed by atoms with Gasteiger partial charge in [-0.05, 0) is 62.5 Å². The summed E-state index contributed by atoms with van der Waals surface area (Å²) >= 11 is 0. The number of hydrogen-bond acceptors (Lipinski definition) is 12. The molecule has 1 aliphatic heterocycles. The van der Waals surface area contributed by atoms with Gasteiger partial charge in [0, 0.05) is 52.0 Å². The molecule has 0 aromatic heterocycles. The predicted octanol–water partition coefficient (Wildman–Crippen LogP) is 4.61. The summed E-state index contributed by atoms with van der Waals surface area (Å²) in [6, 6.07) is 19.3. The highest BCUT2D eigenvalue weighted by molar-refractivity contribution is 5.99. The average Bonchev–Trinajstić information content (AvgIpc) is 3.85. The van der Waals surface area contributed by atoms with E-state index in [1.54, 1.807) is 82.3 Å². The number of esters is 2. The van der Waals surface area contributed by atoms with Gasteiger partial charge in [-0.25, -0.2) is 9.59 Å². The number of ketones is 1. The molecule has 3 aromatic rings. The fraction of sp³-hybridized carbons (Fsp3) is 0.536. The zero-order chi connectivity index (χ0) is 54.3. The molecule has 0 spiro atoms. The molecule has 1 fully saturated rings. The molecule has 1 aliphatic rings. The minimum absolute atomic E-state index is 0.00289. The Bertz CT molecular complexity index is 2340. The van der Waals surface area contributed by atoms with E-state index in [2.05, 4.69) is 5.32 Å². The second-order valence-corrected chi connectivity index (χ2v) is 20.6. The lowest BCUT2D eigenvalue weighted by Crippen LogP contribution is -2.61. The number of aliphatic hydroxyl groups is 1. The number of carbonyl (C=O) groups excluding carboxylic acids is 8. The summed E-state index contributed by atoms with van der Waals surface area (Å²) in [5.74, 6) is -6.38. The lowest BCUT2D eigenvalue weighted by atomic mass is 9.94. The van der Waals surface area contributed by atoms with Crippen LogP contribution in [0.5, 0.6) is 0 Å². The highest BCUT2D eigenvalue weighted by atomic mass is 16.6.